The zero-order valence-corrected chi connectivity index (χ0v) is 12.3. The summed E-state index contributed by atoms with van der Waals surface area (Å²) in [5.74, 6) is -0.848. The summed E-state index contributed by atoms with van der Waals surface area (Å²) in [5.41, 5.74) is 7.03. The van der Waals surface area contributed by atoms with E-state index in [0.717, 1.165) is 25.7 Å². The molecule has 0 aromatic heterocycles. The molecule has 21 heavy (non-hydrogen) atoms. The van der Waals surface area contributed by atoms with Gasteiger partial charge in [-0.15, -0.1) is 0 Å². The van der Waals surface area contributed by atoms with Gasteiger partial charge in [0.25, 0.3) is 0 Å². The molecule has 0 spiro atoms. The zero-order chi connectivity index (χ0) is 15.4. The summed E-state index contributed by atoms with van der Waals surface area (Å²) in [5, 5.41) is 8.97. The number of aromatic carboxylic acids is 1. The third-order valence-electron chi connectivity index (χ3n) is 4.10. The van der Waals surface area contributed by atoms with E-state index >= 15 is 0 Å². The van der Waals surface area contributed by atoms with Crippen LogP contribution in [0.15, 0.2) is 18.2 Å². The van der Waals surface area contributed by atoms with Gasteiger partial charge in [0.2, 0.25) is 5.91 Å². The van der Waals surface area contributed by atoms with E-state index in [4.69, 9.17) is 10.8 Å². The minimum absolute atomic E-state index is 0.0669. The van der Waals surface area contributed by atoms with Crippen LogP contribution >= 0.6 is 0 Å². The van der Waals surface area contributed by atoms with Crippen LogP contribution in [0, 0.1) is 5.92 Å². The Morgan fingerprint density at radius 3 is 2.48 bits per heavy atom. The minimum atomic E-state index is -1.02. The van der Waals surface area contributed by atoms with E-state index in [1.165, 1.54) is 18.6 Å². The third-order valence-corrected chi connectivity index (χ3v) is 4.10. The van der Waals surface area contributed by atoms with Crippen molar-refractivity contribution in [1.29, 1.82) is 0 Å². The van der Waals surface area contributed by atoms with Crippen molar-refractivity contribution >= 4 is 23.3 Å². The van der Waals surface area contributed by atoms with Crippen molar-refractivity contribution in [3.8, 4) is 0 Å². The molecule has 1 aromatic rings. The van der Waals surface area contributed by atoms with E-state index in [1.54, 1.807) is 11.0 Å². The van der Waals surface area contributed by atoms with Crippen LogP contribution in [0.1, 0.15) is 49.4 Å². The van der Waals surface area contributed by atoms with E-state index in [0.29, 0.717) is 17.9 Å². The van der Waals surface area contributed by atoms with Gasteiger partial charge in [-0.3, -0.25) is 4.79 Å². The van der Waals surface area contributed by atoms with Gasteiger partial charge in [0.1, 0.15) is 0 Å². The molecule has 0 unspecified atom stereocenters. The molecule has 1 aliphatic rings. The SMILES string of the molecule is CCN(C(=O)C1CCCCC1)c1ccc(C(=O)O)cc1N. The maximum absolute atomic E-state index is 12.7. The molecule has 1 amide bonds. The summed E-state index contributed by atoms with van der Waals surface area (Å²) in [6, 6.07) is 4.53. The lowest BCUT2D eigenvalue weighted by Crippen LogP contribution is -2.37. The molecular weight excluding hydrogens is 268 g/mol. The first-order chi connectivity index (χ1) is 10.0. The molecule has 114 valence electrons. The molecule has 0 saturated heterocycles. The Kier molecular flexibility index (Phi) is 4.83. The fraction of sp³-hybridized carbons (Fsp3) is 0.500. The third kappa shape index (κ3) is 3.35. The van der Waals surface area contributed by atoms with Crippen molar-refractivity contribution in [3.63, 3.8) is 0 Å². The lowest BCUT2D eigenvalue weighted by molar-refractivity contribution is -0.123. The summed E-state index contributed by atoms with van der Waals surface area (Å²) in [6.45, 7) is 2.44. The van der Waals surface area contributed by atoms with Crippen molar-refractivity contribution < 1.29 is 14.7 Å². The van der Waals surface area contributed by atoms with Crippen molar-refractivity contribution in [2.24, 2.45) is 5.92 Å². The van der Waals surface area contributed by atoms with Gasteiger partial charge in [0.05, 0.1) is 16.9 Å². The van der Waals surface area contributed by atoms with Crippen LogP contribution in [0.3, 0.4) is 0 Å². The number of nitrogens with zero attached hydrogens (tertiary/aromatic N) is 1. The molecule has 3 N–H and O–H groups in total. The fourth-order valence-corrected chi connectivity index (χ4v) is 2.95. The number of nitrogens with two attached hydrogens (primary N) is 1. The van der Waals surface area contributed by atoms with Gasteiger partial charge >= 0.3 is 5.97 Å². The number of amides is 1. The summed E-state index contributed by atoms with van der Waals surface area (Å²) in [6.07, 6.45) is 5.26. The Hall–Kier alpha value is -2.04. The van der Waals surface area contributed by atoms with E-state index in [2.05, 4.69) is 0 Å². The number of carbonyl (C=O) groups excluding carboxylic acids is 1. The topological polar surface area (TPSA) is 83.6 Å². The van der Waals surface area contributed by atoms with Crippen molar-refractivity contribution in [3.05, 3.63) is 23.8 Å². The molecule has 1 aliphatic carbocycles. The molecule has 1 aromatic carbocycles. The quantitative estimate of drug-likeness (QED) is 0.835. The van der Waals surface area contributed by atoms with Crippen LogP contribution in [0.4, 0.5) is 11.4 Å². The maximum atomic E-state index is 12.7. The number of carbonyl (C=O) groups is 2. The first-order valence-corrected chi connectivity index (χ1v) is 7.48. The van der Waals surface area contributed by atoms with Crippen LogP contribution in [-0.4, -0.2) is 23.5 Å². The van der Waals surface area contributed by atoms with Crippen molar-refractivity contribution in [1.82, 2.24) is 0 Å². The summed E-state index contributed by atoms with van der Waals surface area (Å²) >= 11 is 0. The number of rotatable bonds is 4. The number of hydrogen-bond acceptors (Lipinski definition) is 3. The smallest absolute Gasteiger partial charge is 0.335 e. The van der Waals surface area contributed by atoms with Crippen LogP contribution < -0.4 is 10.6 Å². The molecule has 0 heterocycles. The van der Waals surface area contributed by atoms with Crippen LogP contribution in [-0.2, 0) is 4.79 Å². The van der Waals surface area contributed by atoms with Gasteiger partial charge < -0.3 is 15.7 Å². The van der Waals surface area contributed by atoms with Gasteiger partial charge in [-0.2, -0.15) is 0 Å². The Morgan fingerprint density at radius 2 is 1.95 bits per heavy atom. The zero-order valence-electron chi connectivity index (χ0n) is 12.3. The number of carboxylic acids is 1. The second kappa shape index (κ2) is 6.61. The molecule has 5 nitrogen and oxygen atoms in total. The van der Waals surface area contributed by atoms with Gasteiger partial charge in [0.15, 0.2) is 0 Å². The van der Waals surface area contributed by atoms with Crippen LogP contribution in [0.2, 0.25) is 0 Å². The number of hydrogen-bond donors (Lipinski definition) is 2. The number of nitrogen functional groups attached to an aromatic ring is 1. The summed E-state index contributed by atoms with van der Waals surface area (Å²) < 4.78 is 0. The lowest BCUT2D eigenvalue weighted by Gasteiger charge is -2.29. The molecule has 0 radical (unpaired) electrons. The number of benzene rings is 1. The highest BCUT2D eigenvalue weighted by atomic mass is 16.4. The average molecular weight is 290 g/mol. The van der Waals surface area contributed by atoms with E-state index in [1.807, 2.05) is 6.92 Å². The molecular formula is C16H22N2O3. The predicted molar refractivity (Wildman–Crippen MR) is 82.4 cm³/mol. The van der Waals surface area contributed by atoms with Crippen molar-refractivity contribution in [2.75, 3.05) is 17.2 Å². The number of carboxylic acid groups (broad SMARTS) is 1. The second-order valence-electron chi connectivity index (χ2n) is 5.50. The molecule has 1 saturated carbocycles. The average Bonchev–Trinajstić information content (AvgIpc) is 2.50. The summed E-state index contributed by atoms with van der Waals surface area (Å²) in [4.78, 5) is 25.3. The van der Waals surface area contributed by atoms with Gasteiger partial charge in [0, 0.05) is 12.5 Å². The molecule has 0 bridgehead atoms. The van der Waals surface area contributed by atoms with Crippen LogP contribution in [0.5, 0.6) is 0 Å². The molecule has 0 atom stereocenters. The standard InChI is InChI=1S/C16H22N2O3/c1-2-18(15(19)11-6-4-3-5-7-11)14-9-8-12(16(20)21)10-13(14)17/h8-11H,2-7,17H2,1H3,(H,20,21). The highest BCUT2D eigenvalue weighted by Crippen LogP contribution is 2.30. The second-order valence-corrected chi connectivity index (χ2v) is 5.50. The van der Waals surface area contributed by atoms with Gasteiger partial charge in [-0.1, -0.05) is 19.3 Å². The predicted octanol–water partition coefficient (Wildman–Crippen LogP) is 2.90. The Bertz CT molecular complexity index is 536. The number of anilines is 2. The minimum Gasteiger partial charge on any atom is -0.478 e. The monoisotopic (exact) mass is 290 g/mol. The van der Waals surface area contributed by atoms with Crippen molar-refractivity contribution in [2.45, 2.75) is 39.0 Å². The normalized spacial score (nSPS) is 15.7. The fourth-order valence-electron chi connectivity index (χ4n) is 2.95. The Morgan fingerprint density at radius 1 is 1.29 bits per heavy atom. The molecule has 2 rings (SSSR count). The largest absolute Gasteiger partial charge is 0.478 e. The van der Waals surface area contributed by atoms with E-state index < -0.39 is 5.97 Å². The Labute approximate surface area is 124 Å². The molecule has 1 fully saturated rings. The van der Waals surface area contributed by atoms with E-state index in [-0.39, 0.29) is 17.4 Å². The van der Waals surface area contributed by atoms with Gasteiger partial charge in [-0.25, -0.2) is 4.79 Å². The first kappa shape index (κ1) is 15.4. The molecule has 5 heteroatoms. The molecule has 0 aliphatic heterocycles. The summed E-state index contributed by atoms with van der Waals surface area (Å²) in [7, 11) is 0. The first-order valence-electron chi connectivity index (χ1n) is 7.48. The maximum Gasteiger partial charge on any atom is 0.335 e. The van der Waals surface area contributed by atoms with E-state index in [9.17, 15) is 9.59 Å². The highest BCUT2D eigenvalue weighted by Gasteiger charge is 2.27. The van der Waals surface area contributed by atoms with Gasteiger partial charge in [-0.05, 0) is 38.0 Å². The highest BCUT2D eigenvalue weighted by molar-refractivity contribution is 5.99. The Balaban J connectivity index is 2.24. The lowest BCUT2D eigenvalue weighted by atomic mass is 9.88. The van der Waals surface area contributed by atoms with Crippen LogP contribution in [0.25, 0.3) is 0 Å².